The highest BCUT2D eigenvalue weighted by molar-refractivity contribution is 5.41. The van der Waals surface area contributed by atoms with Crippen LogP contribution in [0.5, 0.6) is 17.2 Å². The molecule has 0 bridgehead atoms. The third-order valence-corrected chi connectivity index (χ3v) is 5.14. The van der Waals surface area contributed by atoms with E-state index in [-0.39, 0.29) is 6.04 Å². The van der Waals surface area contributed by atoms with E-state index in [0.29, 0.717) is 6.61 Å². The van der Waals surface area contributed by atoms with Gasteiger partial charge in [0.1, 0.15) is 23.9 Å². The Kier molecular flexibility index (Phi) is 5.48. The van der Waals surface area contributed by atoms with Crippen LogP contribution in [0.25, 0.3) is 0 Å². The van der Waals surface area contributed by atoms with E-state index < -0.39 is 0 Å². The molecule has 3 aromatic rings. The number of imidazole rings is 1. The monoisotopic (exact) mass is 379 g/mol. The number of benzene rings is 2. The predicted molar refractivity (Wildman–Crippen MR) is 107 cm³/mol. The van der Waals surface area contributed by atoms with Crippen LogP contribution in [-0.4, -0.2) is 41.3 Å². The molecule has 28 heavy (non-hydrogen) atoms. The second-order valence-electron chi connectivity index (χ2n) is 6.91. The Hall–Kier alpha value is -2.99. The first kappa shape index (κ1) is 18.4. The van der Waals surface area contributed by atoms with Gasteiger partial charge in [-0.05, 0) is 12.1 Å². The fraction of sp³-hybridized carbons (Fsp3) is 0.318. The van der Waals surface area contributed by atoms with Crippen LogP contribution < -0.4 is 14.2 Å². The van der Waals surface area contributed by atoms with Crippen molar-refractivity contribution >= 4 is 0 Å². The topological polar surface area (TPSA) is 48.8 Å². The number of rotatable bonds is 6. The minimum absolute atomic E-state index is 0.202. The lowest BCUT2D eigenvalue weighted by molar-refractivity contribution is 0.123. The number of nitrogens with zero attached hydrogens (tertiary/aromatic N) is 3. The summed E-state index contributed by atoms with van der Waals surface area (Å²) in [7, 11) is 3.36. The van der Waals surface area contributed by atoms with E-state index >= 15 is 0 Å². The summed E-state index contributed by atoms with van der Waals surface area (Å²) >= 11 is 0. The molecule has 146 valence electrons. The van der Waals surface area contributed by atoms with Gasteiger partial charge in [-0.3, -0.25) is 4.90 Å². The number of hydrogen-bond donors (Lipinski definition) is 0. The first-order valence-electron chi connectivity index (χ1n) is 9.38. The zero-order valence-electron chi connectivity index (χ0n) is 16.2. The lowest BCUT2D eigenvalue weighted by Crippen LogP contribution is -2.40. The van der Waals surface area contributed by atoms with Crippen molar-refractivity contribution in [1.82, 2.24) is 14.5 Å². The molecule has 0 saturated heterocycles. The normalized spacial score (nSPS) is 16.7. The lowest BCUT2D eigenvalue weighted by Gasteiger charge is -2.30. The van der Waals surface area contributed by atoms with E-state index in [0.717, 1.165) is 42.4 Å². The molecule has 2 aromatic carbocycles. The maximum Gasteiger partial charge on any atom is 0.127 e. The molecule has 0 amide bonds. The first-order valence-corrected chi connectivity index (χ1v) is 9.38. The van der Waals surface area contributed by atoms with E-state index in [1.165, 1.54) is 5.56 Å². The van der Waals surface area contributed by atoms with Crippen LogP contribution in [0.15, 0.2) is 61.2 Å². The molecule has 0 unspecified atom stereocenters. The minimum Gasteiger partial charge on any atom is -0.497 e. The molecule has 0 N–H and O–H groups in total. The molecule has 6 heteroatoms. The summed E-state index contributed by atoms with van der Waals surface area (Å²) in [5.74, 6) is 2.58. The molecule has 0 spiro atoms. The molecule has 2 heterocycles. The number of methoxy groups -OCH3 is 2. The number of hydrogen-bond acceptors (Lipinski definition) is 5. The molecule has 0 fully saturated rings. The summed E-state index contributed by atoms with van der Waals surface area (Å²) in [5, 5.41) is 0. The minimum atomic E-state index is 0.202. The van der Waals surface area contributed by atoms with E-state index in [4.69, 9.17) is 14.2 Å². The molecule has 4 rings (SSSR count). The molecular weight excluding hydrogens is 354 g/mol. The maximum absolute atomic E-state index is 6.14. The van der Waals surface area contributed by atoms with Gasteiger partial charge in [-0.15, -0.1) is 0 Å². The summed E-state index contributed by atoms with van der Waals surface area (Å²) in [6.45, 7) is 3.00. The van der Waals surface area contributed by atoms with Crippen molar-refractivity contribution in [1.29, 1.82) is 0 Å². The van der Waals surface area contributed by atoms with Crippen molar-refractivity contribution in [3.63, 3.8) is 0 Å². The molecule has 0 radical (unpaired) electrons. The van der Waals surface area contributed by atoms with Gasteiger partial charge in [-0.2, -0.15) is 0 Å². The molecule has 1 aliphatic rings. The fourth-order valence-electron chi connectivity index (χ4n) is 3.61. The van der Waals surface area contributed by atoms with E-state index in [1.54, 1.807) is 14.2 Å². The number of fused-ring (bicyclic) bond motifs is 1. The Morgan fingerprint density at radius 3 is 2.82 bits per heavy atom. The van der Waals surface area contributed by atoms with Gasteiger partial charge in [0, 0.05) is 49.2 Å². The molecule has 6 nitrogen and oxygen atoms in total. The van der Waals surface area contributed by atoms with E-state index in [1.807, 2.05) is 43.0 Å². The van der Waals surface area contributed by atoms with Gasteiger partial charge in [-0.25, -0.2) is 4.98 Å². The predicted octanol–water partition coefficient (Wildman–Crippen LogP) is 3.36. The zero-order chi connectivity index (χ0) is 19.3. The third-order valence-electron chi connectivity index (χ3n) is 5.14. The average Bonchev–Trinajstić information content (AvgIpc) is 3.18. The molecule has 1 atom stereocenters. The van der Waals surface area contributed by atoms with Gasteiger partial charge in [0.15, 0.2) is 0 Å². The quantitative estimate of drug-likeness (QED) is 0.657. The highest BCUT2D eigenvalue weighted by Gasteiger charge is 2.26. The van der Waals surface area contributed by atoms with Gasteiger partial charge >= 0.3 is 0 Å². The first-order chi connectivity index (χ1) is 13.8. The van der Waals surface area contributed by atoms with Crippen molar-refractivity contribution in [2.45, 2.75) is 25.7 Å². The SMILES string of the molecule is COc1ccc(CN2Cc3ccccc3OC[C@H]2Cn2ccnc2)c(OC)c1. The van der Waals surface area contributed by atoms with Gasteiger partial charge in [-0.1, -0.05) is 24.3 Å². The van der Waals surface area contributed by atoms with Crippen molar-refractivity contribution in [2.24, 2.45) is 0 Å². The van der Waals surface area contributed by atoms with E-state index in [9.17, 15) is 0 Å². The van der Waals surface area contributed by atoms with Gasteiger partial charge in [0.2, 0.25) is 0 Å². The van der Waals surface area contributed by atoms with Crippen LogP contribution in [0.3, 0.4) is 0 Å². The molecule has 1 aromatic heterocycles. The van der Waals surface area contributed by atoms with Crippen LogP contribution in [0.4, 0.5) is 0 Å². The second kappa shape index (κ2) is 8.35. The Balaban J connectivity index is 1.63. The van der Waals surface area contributed by atoms with Gasteiger partial charge in [0.25, 0.3) is 0 Å². The Morgan fingerprint density at radius 2 is 2.04 bits per heavy atom. The van der Waals surface area contributed by atoms with Gasteiger partial charge < -0.3 is 18.8 Å². The standard InChI is InChI=1S/C22H25N3O3/c1-26-20-8-7-18(22(11-20)27-2)13-25-12-17-5-3-4-6-21(17)28-15-19(25)14-24-10-9-23-16-24/h3-11,16,19H,12-15H2,1-2H3/t19-/m1/s1. The van der Waals surface area contributed by atoms with Crippen molar-refractivity contribution in [3.05, 3.63) is 72.3 Å². The average molecular weight is 379 g/mol. The lowest BCUT2D eigenvalue weighted by atomic mass is 10.1. The molecule has 0 aliphatic carbocycles. The number of para-hydroxylation sites is 1. The highest BCUT2D eigenvalue weighted by atomic mass is 16.5. The van der Waals surface area contributed by atoms with Crippen molar-refractivity contribution < 1.29 is 14.2 Å². The highest BCUT2D eigenvalue weighted by Crippen LogP contribution is 2.30. The smallest absolute Gasteiger partial charge is 0.127 e. The van der Waals surface area contributed by atoms with E-state index in [2.05, 4.69) is 32.7 Å². The third kappa shape index (κ3) is 3.97. The molecular formula is C22H25N3O3. The molecule has 1 aliphatic heterocycles. The summed E-state index contributed by atoms with van der Waals surface area (Å²) < 4.78 is 19.2. The van der Waals surface area contributed by atoms with Crippen LogP contribution in [-0.2, 0) is 19.6 Å². The fourth-order valence-corrected chi connectivity index (χ4v) is 3.61. The van der Waals surface area contributed by atoms with Crippen molar-refractivity contribution in [3.8, 4) is 17.2 Å². The second-order valence-corrected chi connectivity index (χ2v) is 6.91. The van der Waals surface area contributed by atoms with Crippen molar-refractivity contribution in [2.75, 3.05) is 20.8 Å². The Morgan fingerprint density at radius 1 is 1.14 bits per heavy atom. The summed E-state index contributed by atoms with van der Waals surface area (Å²) in [5.41, 5.74) is 2.32. The number of ether oxygens (including phenoxy) is 3. The summed E-state index contributed by atoms with van der Waals surface area (Å²) in [6.07, 6.45) is 5.65. The zero-order valence-corrected chi connectivity index (χ0v) is 16.2. The van der Waals surface area contributed by atoms with Crippen LogP contribution in [0.1, 0.15) is 11.1 Å². The Bertz CT molecular complexity index is 911. The molecule has 0 saturated carbocycles. The van der Waals surface area contributed by atoms with Gasteiger partial charge in [0.05, 0.1) is 26.6 Å². The summed E-state index contributed by atoms with van der Waals surface area (Å²) in [4.78, 5) is 6.62. The van der Waals surface area contributed by atoms with Crippen LogP contribution >= 0.6 is 0 Å². The maximum atomic E-state index is 6.14. The Labute approximate surface area is 165 Å². The van der Waals surface area contributed by atoms with Crippen LogP contribution in [0.2, 0.25) is 0 Å². The van der Waals surface area contributed by atoms with Crippen LogP contribution in [0, 0.1) is 0 Å². The number of aromatic nitrogens is 2. The largest absolute Gasteiger partial charge is 0.497 e. The summed E-state index contributed by atoms with van der Waals surface area (Å²) in [6, 6.07) is 14.4.